The van der Waals surface area contributed by atoms with Crippen LogP contribution in [0.1, 0.15) is 10.4 Å². The highest BCUT2D eigenvalue weighted by Gasteiger charge is 2.15. The highest BCUT2D eigenvalue weighted by atomic mass is 79.9. The zero-order chi connectivity index (χ0) is 15.0. The highest BCUT2D eigenvalue weighted by Crippen LogP contribution is 2.30. The first kappa shape index (κ1) is 14.4. The van der Waals surface area contributed by atoms with E-state index in [1.165, 1.54) is 12.1 Å². The van der Waals surface area contributed by atoms with Crippen molar-refractivity contribution in [3.05, 3.63) is 51.2 Å². The van der Waals surface area contributed by atoms with Crippen molar-refractivity contribution < 1.29 is 9.18 Å². The lowest BCUT2D eigenvalue weighted by Crippen LogP contribution is -2.13. The lowest BCUT2D eigenvalue weighted by atomic mass is 10.2. The van der Waals surface area contributed by atoms with E-state index in [1.807, 2.05) is 0 Å². The Labute approximate surface area is 136 Å². The van der Waals surface area contributed by atoms with Gasteiger partial charge in [0.25, 0.3) is 5.91 Å². The molecule has 0 saturated heterocycles. The minimum atomic E-state index is -0.512. The fraction of sp³-hybridized carbons (Fsp3) is 0. The summed E-state index contributed by atoms with van der Waals surface area (Å²) in [5.41, 5.74) is 1.71. The summed E-state index contributed by atoms with van der Waals surface area (Å²) in [5.74, 6) is -0.980. The normalized spacial score (nSPS) is 10.8. The Morgan fingerprint density at radius 2 is 2.10 bits per heavy atom. The number of anilines is 1. The number of benzene rings is 2. The molecule has 1 heterocycles. The van der Waals surface area contributed by atoms with E-state index in [1.54, 1.807) is 12.1 Å². The molecule has 0 atom stereocenters. The fourth-order valence-electron chi connectivity index (χ4n) is 1.77. The molecule has 3 rings (SSSR count). The molecule has 21 heavy (non-hydrogen) atoms. The van der Waals surface area contributed by atoms with Gasteiger partial charge in [-0.15, -0.1) is 0 Å². The molecular weight excluding hydrogens is 381 g/mol. The molecule has 0 aliphatic carbocycles. The maximum atomic E-state index is 13.5. The van der Waals surface area contributed by atoms with Gasteiger partial charge in [-0.2, -0.15) is 8.75 Å². The number of nitrogens with one attached hydrogen (secondary N) is 1. The minimum Gasteiger partial charge on any atom is -0.319 e. The molecule has 0 saturated carbocycles. The maximum Gasteiger partial charge on any atom is 0.255 e. The second kappa shape index (κ2) is 5.67. The molecule has 0 aliphatic heterocycles. The summed E-state index contributed by atoms with van der Waals surface area (Å²) in [4.78, 5) is 12.2. The van der Waals surface area contributed by atoms with Crippen molar-refractivity contribution in [3.63, 3.8) is 0 Å². The molecule has 0 aliphatic rings. The van der Waals surface area contributed by atoms with E-state index in [4.69, 9.17) is 11.6 Å². The lowest BCUT2D eigenvalue weighted by molar-refractivity contribution is 0.102. The SMILES string of the molecule is O=C(Nc1c(Cl)ccc2nsnc12)c1ccc(Br)c(F)c1. The molecule has 106 valence electrons. The average Bonchev–Trinajstić information content (AvgIpc) is 2.93. The average molecular weight is 387 g/mol. The van der Waals surface area contributed by atoms with Crippen LogP contribution in [0.4, 0.5) is 10.1 Å². The molecule has 3 aromatic rings. The van der Waals surface area contributed by atoms with Crippen molar-refractivity contribution in [2.45, 2.75) is 0 Å². The van der Waals surface area contributed by atoms with E-state index in [-0.39, 0.29) is 5.56 Å². The van der Waals surface area contributed by atoms with Crippen LogP contribution in [0.15, 0.2) is 34.8 Å². The summed E-state index contributed by atoms with van der Waals surface area (Å²) in [6, 6.07) is 7.47. The standard InChI is InChI=1S/C13H6BrClFN3OS/c14-7-2-1-6(5-9(7)16)13(20)17-11-8(15)3-4-10-12(11)19-21-18-10/h1-5H,(H,17,20). The Morgan fingerprint density at radius 1 is 1.29 bits per heavy atom. The summed E-state index contributed by atoms with van der Waals surface area (Å²) in [6.45, 7) is 0. The van der Waals surface area contributed by atoms with Gasteiger partial charge < -0.3 is 5.32 Å². The molecule has 0 radical (unpaired) electrons. The van der Waals surface area contributed by atoms with Crippen LogP contribution < -0.4 is 5.32 Å². The number of halogens is 3. The quantitative estimate of drug-likeness (QED) is 0.705. The van der Waals surface area contributed by atoms with Gasteiger partial charge in [-0.3, -0.25) is 4.79 Å². The van der Waals surface area contributed by atoms with E-state index < -0.39 is 11.7 Å². The number of amides is 1. The van der Waals surface area contributed by atoms with Crippen molar-refractivity contribution in [1.29, 1.82) is 0 Å². The number of hydrogen-bond acceptors (Lipinski definition) is 4. The molecule has 0 unspecified atom stereocenters. The van der Waals surface area contributed by atoms with Crippen molar-refractivity contribution in [3.8, 4) is 0 Å². The van der Waals surface area contributed by atoms with Gasteiger partial charge in [0.1, 0.15) is 16.9 Å². The molecule has 1 aromatic heterocycles. The highest BCUT2D eigenvalue weighted by molar-refractivity contribution is 9.10. The Bertz CT molecular complexity index is 855. The van der Waals surface area contributed by atoms with Crippen molar-refractivity contribution in [2.24, 2.45) is 0 Å². The molecule has 8 heteroatoms. The van der Waals surface area contributed by atoms with Crippen molar-refractivity contribution in [1.82, 2.24) is 8.75 Å². The second-order valence-electron chi connectivity index (χ2n) is 4.14. The number of carbonyl (C=O) groups is 1. The van der Waals surface area contributed by atoms with Gasteiger partial charge in [-0.25, -0.2) is 4.39 Å². The van der Waals surface area contributed by atoms with E-state index in [0.717, 1.165) is 17.8 Å². The van der Waals surface area contributed by atoms with E-state index >= 15 is 0 Å². The van der Waals surface area contributed by atoms with Crippen LogP contribution in [-0.4, -0.2) is 14.7 Å². The molecule has 0 spiro atoms. The first-order valence-electron chi connectivity index (χ1n) is 5.73. The van der Waals surface area contributed by atoms with Crippen LogP contribution in [-0.2, 0) is 0 Å². The largest absolute Gasteiger partial charge is 0.319 e. The summed E-state index contributed by atoms with van der Waals surface area (Å²) >= 11 is 10.2. The molecule has 0 bridgehead atoms. The van der Waals surface area contributed by atoms with Crippen LogP contribution in [0.5, 0.6) is 0 Å². The first-order chi connectivity index (χ1) is 10.1. The Hall–Kier alpha value is -1.57. The Morgan fingerprint density at radius 3 is 2.86 bits per heavy atom. The molecule has 4 nitrogen and oxygen atoms in total. The summed E-state index contributed by atoms with van der Waals surface area (Å²) in [7, 11) is 0. The number of hydrogen-bond donors (Lipinski definition) is 1. The molecular formula is C13H6BrClFN3OS. The second-order valence-corrected chi connectivity index (χ2v) is 5.93. The topological polar surface area (TPSA) is 54.9 Å². The Kier molecular flexibility index (Phi) is 3.88. The molecule has 1 amide bonds. The predicted molar refractivity (Wildman–Crippen MR) is 84.5 cm³/mol. The van der Waals surface area contributed by atoms with Gasteiger partial charge in [-0.1, -0.05) is 11.6 Å². The number of carbonyl (C=O) groups excluding carboxylic acids is 1. The van der Waals surface area contributed by atoms with Gasteiger partial charge >= 0.3 is 0 Å². The van der Waals surface area contributed by atoms with Crippen LogP contribution in [0, 0.1) is 5.82 Å². The van der Waals surface area contributed by atoms with Gasteiger partial charge in [-0.05, 0) is 46.3 Å². The smallest absolute Gasteiger partial charge is 0.255 e. The summed E-state index contributed by atoms with van der Waals surface area (Å²) in [6.07, 6.45) is 0. The molecule has 2 aromatic carbocycles. The number of fused-ring (bicyclic) bond motifs is 1. The van der Waals surface area contributed by atoms with Crippen LogP contribution in [0.2, 0.25) is 5.02 Å². The number of nitrogens with zero attached hydrogens (tertiary/aromatic N) is 2. The first-order valence-corrected chi connectivity index (χ1v) is 7.63. The van der Waals surface area contributed by atoms with Crippen LogP contribution in [0.3, 0.4) is 0 Å². The lowest BCUT2D eigenvalue weighted by Gasteiger charge is -2.08. The van der Waals surface area contributed by atoms with Crippen molar-refractivity contribution in [2.75, 3.05) is 5.32 Å². The van der Waals surface area contributed by atoms with Gasteiger partial charge in [0.2, 0.25) is 0 Å². The van der Waals surface area contributed by atoms with Gasteiger partial charge in [0.15, 0.2) is 0 Å². The van der Waals surface area contributed by atoms with Crippen LogP contribution >= 0.6 is 39.3 Å². The summed E-state index contributed by atoms with van der Waals surface area (Å²) in [5, 5.41) is 3.00. The third-order valence-corrected chi connectivity index (χ3v) is 4.30. The maximum absolute atomic E-state index is 13.5. The van der Waals surface area contributed by atoms with E-state index in [0.29, 0.717) is 26.2 Å². The third kappa shape index (κ3) is 2.76. The fourth-order valence-corrected chi connectivity index (χ4v) is 2.76. The van der Waals surface area contributed by atoms with Crippen molar-refractivity contribution >= 4 is 61.9 Å². The number of aromatic nitrogens is 2. The number of rotatable bonds is 2. The molecule has 1 N–H and O–H groups in total. The summed E-state index contributed by atoms with van der Waals surface area (Å²) < 4.78 is 22.0. The Balaban J connectivity index is 1.98. The van der Waals surface area contributed by atoms with E-state index in [2.05, 4.69) is 30.0 Å². The van der Waals surface area contributed by atoms with Crippen LogP contribution in [0.25, 0.3) is 11.0 Å². The minimum absolute atomic E-state index is 0.187. The zero-order valence-corrected chi connectivity index (χ0v) is 13.4. The predicted octanol–water partition coefficient (Wildman–Crippen LogP) is 4.50. The zero-order valence-electron chi connectivity index (χ0n) is 10.2. The monoisotopic (exact) mass is 385 g/mol. The van der Waals surface area contributed by atoms with E-state index in [9.17, 15) is 9.18 Å². The van der Waals surface area contributed by atoms with Gasteiger partial charge in [0, 0.05) is 5.56 Å². The molecule has 0 fully saturated rings. The van der Waals surface area contributed by atoms with Gasteiger partial charge in [0.05, 0.1) is 26.9 Å². The third-order valence-electron chi connectivity index (χ3n) is 2.80.